The zero-order chi connectivity index (χ0) is 19.5. The van der Waals surface area contributed by atoms with Crippen LogP contribution in [0.4, 0.5) is 0 Å². The van der Waals surface area contributed by atoms with Gasteiger partial charge in [-0.3, -0.25) is 9.55 Å². The van der Waals surface area contributed by atoms with E-state index in [-0.39, 0.29) is 5.25 Å². The molecule has 0 radical (unpaired) electrons. The summed E-state index contributed by atoms with van der Waals surface area (Å²) in [4.78, 5) is 6.69. The largest absolute Gasteiger partial charge is 0.464 e. The summed E-state index contributed by atoms with van der Waals surface area (Å²) in [6, 6.07) is 13.8. The second-order valence-electron chi connectivity index (χ2n) is 6.37. The molecule has 9 heteroatoms. The van der Waals surface area contributed by atoms with Gasteiger partial charge in [-0.2, -0.15) is 8.42 Å². The molecule has 0 saturated carbocycles. The predicted octanol–water partition coefficient (Wildman–Crippen LogP) is 2.87. The molecule has 0 amide bonds. The number of amidine groups is 1. The monoisotopic (exact) mass is 410 g/mol. The Morgan fingerprint density at radius 1 is 1.22 bits per heavy atom. The van der Waals surface area contributed by atoms with Crippen LogP contribution in [0.15, 0.2) is 58.1 Å². The predicted molar refractivity (Wildman–Crippen MR) is 105 cm³/mol. The summed E-state index contributed by atoms with van der Waals surface area (Å²) in [7, 11) is -3.67. The van der Waals surface area contributed by atoms with Gasteiger partial charge in [0.15, 0.2) is 10.9 Å². The molecule has 2 aromatic rings. The van der Waals surface area contributed by atoms with E-state index in [1.807, 2.05) is 35.2 Å². The van der Waals surface area contributed by atoms with E-state index < -0.39 is 15.8 Å². The Balaban J connectivity index is 0.000000376. The Kier molecular flexibility index (Phi) is 5.95. The van der Waals surface area contributed by atoms with Crippen molar-refractivity contribution in [1.82, 2.24) is 4.90 Å². The fourth-order valence-corrected chi connectivity index (χ4v) is 4.60. The number of nitrogens with zero attached hydrogens (tertiary/aromatic N) is 2. The molecule has 2 atom stereocenters. The maximum atomic E-state index is 11.6. The summed E-state index contributed by atoms with van der Waals surface area (Å²) < 4.78 is 31.5. The fraction of sp³-hybridized carbons (Fsp3) is 0.389. The average molecular weight is 411 g/mol. The van der Waals surface area contributed by atoms with E-state index >= 15 is 0 Å². The number of benzene rings is 1. The van der Waals surface area contributed by atoms with Crippen LogP contribution >= 0.6 is 11.8 Å². The maximum absolute atomic E-state index is 11.6. The third-order valence-electron chi connectivity index (χ3n) is 4.25. The van der Waals surface area contributed by atoms with E-state index in [1.54, 1.807) is 18.0 Å². The molecule has 0 bridgehead atoms. The number of thioether (sulfide) groups is 1. The Hall–Kier alpha value is -1.81. The Morgan fingerprint density at radius 2 is 1.93 bits per heavy atom. The molecule has 7 nitrogen and oxygen atoms in total. The molecule has 2 N–H and O–H groups in total. The number of fused-ring (bicyclic) bond motifs is 1. The minimum Gasteiger partial charge on any atom is -0.464 e. The van der Waals surface area contributed by atoms with Crippen molar-refractivity contribution in [2.45, 2.75) is 23.8 Å². The van der Waals surface area contributed by atoms with Crippen LogP contribution in [0.5, 0.6) is 0 Å². The van der Waals surface area contributed by atoms with Crippen LogP contribution in [0.3, 0.4) is 0 Å². The van der Waals surface area contributed by atoms with Crippen molar-refractivity contribution >= 4 is 27.0 Å². The molecule has 4 rings (SSSR count). The molecule has 1 aromatic carbocycles. The minimum atomic E-state index is -3.67. The zero-order valence-corrected chi connectivity index (χ0v) is 16.5. The molecule has 2 aliphatic heterocycles. The third kappa shape index (κ3) is 4.55. The molecule has 3 heterocycles. The average Bonchev–Trinajstić information content (AvgIpc) is 3.16. The van der Waals surface area contributed by atoms with Crippen LogP contribution in [-0.2, 0) is 15.8 Å². The van der Waals surface area contributed by atoms with Crippen LogP contribution in [0.2, 0.25) is 0 Å². The molecule has 1 saturated heterocycles. The molecule has 0 spiro atoms. The van der Waals surface area contributed by atoms with Gasteiger partial charge in [-0.15, -0.1) is 0 Å². The number of aliphatic hydroxyl groups is 1. The SMILES string of the molecule is CS(=O)(=O)O.OC1(c2ccco2)C(c2ccccc2)SC2=NCCCCN21. The highest BCUT2D eigenvalue weighted by atomic mass is 32.2. The quantitative estimate of drug-likeness (QED) is 0.734. The first-order chi connectivity index (χ1) is 12.8. The third-order valence-corrected chi connectivity index (χ3v) is 5.65. The van der Waals surface area contributed by atoms with Gasteiger partial charge in [0.05, 0.1) is 17.8 Å². The summed E-state index contributed by atoms with van der Waals surface area (Å²) in [5.41, 5.74) is -0.0965. The van der Waals surface area contributed by atoms with Crippen molar-refractivity contribution in [3.63, 3.8) is 0 Å². The van der Waals surface area contributed by atoms with E-state index in [4.69, 9.17) is 8.97 Å². The maximum Gasteiger partial charge on any atom is 0.261 e. The number of aliphatic imine (C=N–C) groups is 1. The number of rotatable bonds is 2. The molecule has 1 fully saturated rings. The second-order valence-corrected chi connectivity index (χ2v) is 8.91. The summed E-state index contributed by atoms with van der Waals surface area (Å²) >= 11 is 1.63. The lowest BCUT2D eigenvalue weighted by atomic mass is 9.97. The lowest BCUT2D eigenvalue weighted by Gasteiger charge is -2.35. The topological polar surface area (TPSA) is 103 Å². The summed E-state index contributed by atoms with van der Waals surface area (Å²) in [5.74, 6) is 0.584. The highest BCUT2D eigenvalue weighted by Crippen LogP contribution is 2.54. The molecular formula is C18H22N2O5S2. The van der Waals surface area contributed by atoms with Gasteiger partial charge < -0.3 is 14.4 Å². The van der Waals surface area contributed by atoms with Gasteiger partial charge in [-0.05, 0) is 30.5 Å². The molecule has 1 aromatic heterocycles. The van der Waals surface area contributed by atoms with E-state index in [1.165, 1.54) is 0 Å². The van der Waals surface area contributed by atoms with Gasteiger partial charge in [0, 0.05) is 13.1 Å². The summed E-state index contributed by atoms with van der Waals surface area (Å²) in [5, 5.41) is 12.4. The van der Waals surface area contributed by atoms with Gasteiger partial charge in [0.1, 0.15) is 0 Å². The highest BCUT2D eigenvalue weighted by molar-refractivity contribution is 8.14. The Bertz CT molecular complexity index is 876. The zero-order valence-electron chi connectivity index (χ0n) is 14.9. The van der Waals surface area contributed by atoms with Gasteiger partial charge in [-0.1, -0.05) is 42.1 Å². The summed E-state index contributed by atoms with van der Waals surface area (Å²) in [6.07, 6.45) is 4.42. The standard InChI is InChI=1S/C17H18N2O2S.CH4O3S/c20-17(14-9-6-12-21-14)15(13-7-2-1-3-8-13)22-16-18-10-4-5-11-19(16)17;1-5(2,3)4/h1-3,6-9,12,15,20H,4-5,10-11H2;1H3,(H,2,3,4). The number of hydrogen-bond donors (Lipinski definition) is 2. The van der Waals surface area contributed by atoms with Crippen molar-refractivity contribution in [3.05, 3.63) is 60.1 Å². The van der Waals surface area contributed by atoms with Crippen LogP contribution in [0, 0.1) is 0 Å². The van der Waals surface area contributed by atoms with Crippen molar-refractivity contribution in [2.24, 2.45) is 4.99 Å². The normalized spacial score (nSPS) is 25.1. The fourth-order valence-electron chi connectivity index (χ4n) is 3.16. The first kappa shape index (κ1) is 19.9. The van der Waals surface area contributed by atoms with E-state index in [2.05, 4.69) is 17.1 Å². The van der Waals surface area contributed by atoms with Crippen LogP contribution in [-0.4, -0.2) is 47.5 Å². The molecular weight excluding hydrogens is 388 g/mol. The Labute approximate surface area is 162 Å². The number of hydrogen-bond acceptors (Lipinski definition) is 7. The van der Waals surface area contributed by atoms with Crippen LogP contribution in [0.1, 0.15) is 29.4 Å². The first-order valence-corrected chi connectivity index (χ1v) is 11.3. The lowest BCUT2D eigenvalue weighted by Crippen LogP contribution is -2.45. The highest BCUT2D eigenvalue weighted by Gasteiger charge is 2.55. The van der Waals surface area contributed by atoms with E-state index in [0.717, 1.165) is 36.7 Å². The van der Waals surface area contributed by atoms with Crippen molar-refractivity contribution in [2.75, 3.05) is 19.3 Å². The molecule has 2 aliphatic rings. The van der Waals surface area contributed by atoms with Gasteiger partial charge in [0.2, 0.25) is 5.72 Å². The minimum absolute atomic E-state index is 0.142. The van der Waals surface area contributed by atoms with Crippen molar-refractivity contribution < 1.29 is 22.5 Å². The van der Waals surface area contributed by atoms with Gasteiger partial charge in [-0.25, -0.2) is 0 Å². The smallest absolute Gasteiger partial charge is 0.261 e. The summed E-state index contributed by atoms with van der Waals surface area (Å²) in [6.45, 7) is 1.63. The van der Waals surface area contributed by atoms with E-state index in [9.17, 15) is 13.5 Å². The van der Waals surface area contributed by atoms with Crippen molar-refractivity contribution in [3.8, 4) is 0 Å². The number of furan rings is 1. The first-order valence-electron chi connectivity index (χ1n) is 8.52. The van der Waals surface area contributed by atoms with Gasteiger partial charge in [0.25, 0.3) is 10.1 Å². The molecule has 27 heavy (non-hydrogen) atoms. The Morgan fingerprint density at radius 3 is 2.56 bits per heavy atom. The van der Waals surface area contributed by atoms with Crippen LogP contribution in [0.25, 0.3) is 0 Å². The van der Waals surface area contributed by atoms with E-state index in [0.29, 0.717) is 12.0 Å². The second kappa shape index (κ2) is 8.05. The molecule has 0 aliphatic carbocycles. The van der Waals surface area contributed by atoms with Crippen LogP contribution < -0.4 is 0 Å². The lowest BCUT2D eigenvalue weighted by molar-refractivity contribution is -0.0875. The van der Waals surface area contributed by atoms with Gasteiger partial charge >= 0.3 is 0 Å². The molecule has 2 unspecified atom stereocenters. The molecule has 146 valence electrons. The van der Waals surface area contributed by atoms with Crippen molar-refractivity contribution in [1.29, 1.82) is 0 Å².